The fraction of sp³-hybridized carbons (Fsp3) is 0.588. The van der Waals surface area contributed by atoms with E-state index in [0.29, 0.717) is 13.2 Å². The summed E-state index contributed by atoms with van der Waals surface area (Å²) in [5.74, 6) is 0.746. The number of rotatable bonds is 7. The summed E-state index contributed by atoms with van der Waals surface area (Å²) < 4.78 is 11.2. The molecule has 21 heavy (non-hydrogen) atoms. The highest BCUT2D eigenvalue weighted by molar-refractivity contribution is 5.97. The Balaban J connectivity index is 2.86. The molecule has 1 aromatic rings. The van der Waals surface area contributed by atoms with Gasteiger partial charge in [-0.05, 0) is 64.3 Å². The van der Waals surface area contributed by atoms with Crippen molar-refractivity contribution in [3.63, 3.8) is 0 Å². The van der Waals surface area contributed by atoms with Crippen LogP contribution in [0.3, 0.4) is 0 Å². The number of hydrogen-bond donors (Lipinski definition) is 1. The molecule has 0 bridgehead atoms. The molecular formula is C17H27NO3. The van der Waals surface area contributed by atoms with Crippen LogP contribution in [0.15, 0.2) is 12.1 Å². The fourth-order valence-electron chi connectivity index (χ4n) is 2.10. The molecule has 0 aliphatic rings. The van der Waals surface area contributed by atoms with Gasteiger partial charge in [0, 0.05) is 12.3 Å². The van der Waals surface area contributed by atoms with Crippen molar-refractivity contribution < 1.29 is 14.3 Å². The van der Waals surface area contributed by atoms with Crippen LogP contribution in [0.25, 0.3) is 0 Å². The first kappa shape index (κ1) is 17.5. The van der Waals surface area contributed by atoms with E-state index < -0.39 is 5.60 Å². The number of carbonyl (C=O) groups excluding carboxylic acids is 1. The first-order valence-corrected chi connectivity index (χ1v) is 7.51. The lowest BCUT2D eigenvalue weighted by Gasteiger charge is -2.24. The second kappa shape index (κ2) is 7.46. The summed E-state index contributed by atoms with van der Waals surface area (Å²) in [6.45, 7) is 12.7. The highest BCUT2D eigenvalue weighted by atomic mass is 16.5. The Morgan fingerprint density at radius 2 is 1.76 bits per heavy atom. The number of carbonyl (C=O) groups is 1. The maximum Gasteiger partial charge on any atom is 0.256 e. The lowest BCUT2D eigenvalue weighted by atomic mass is 10.1. The number of benzene rings is 1. The Hall–Kier alpha value is -1.55. The molecule has 0 atom stereocenters. The summed E-state index contributed by atoms with van der Waals surface area (Å²) in [6, 6.07) is 3.84. The van der Waals surface area contributed by atoms with Crippen LogP contribution in [0.2, 0.25) is 0 Å². The van der Waals surface area contributed by atoms with Crippen molar-refractivity contribution in [1.29, 1.82) is 0 Å². The van der Waals surface area contributed by atoms with Gasteiger partial charge in [0.2, 0.25) is 0 Å². The van der Waals surface area contributed by atoms with E-state index in [1.807, 2.05) is 39.8 Å². The van der Waals surface area contributed by atoms with Crippen molar-refractivity contribution in [3.8, 4) is 5.75 Å². The number of amides is 1. The van der Waals surface area contributed by atoms with Gasteiger partial charge in [-0.15, -0.1) is 0 Å². The molecule has 4 nitrogen and oxygen atoms in total. The third kappa shape index (κ3) is 4.74. The van der Waals surface area contributed by atoms with E-state index in [0.717, 1.165) is 29.0 Å². The minimum atomic E-state index is -0.837. The van der Waals surface area contributed by atoms with Gasteiger partial charge in [-0.1, -0.05) is 6.92 Å². The van der Waals surface area contributed by atoms with Gasteiger partial charge in [-0.3, -0.25) is 4.79 Å². The van der Waals surface area contributed by atoms with Crippen molar-refractivity contribution in [3.05, 3.63) is 23.3 Å². The molecule has 1 aromatic carbocycles. The smallest absolute Gasteiger partial charge is 0.256 e. The maximum absolute atomic E-state index is 12.3. The molecule has 0 aliphatic carbocycles. The second-order valence-electron chi connectivity index (χ2n) is 5.69. The van der Waals surface area contributed by atoms with Gasteiger partial charge < -0.3 is 14.8 Å². The van der Waals surface area contributed by atoms with Gasteiger partial charge in [0.05, 0.1) is 6.61 Å². The van der Waals surface area contributed by atoms with E-state index in [-0.39, 0.29) is 5.91 Å². The normalized spacial score (nSPS) is 11.3. The molecule has 118 valence electrons. The minimum absolute atomic E-state index is 0.140. The second-order valence-corrected chi connectivity index (χ2v) is 5.69. The third-order valence-corrected chi connectivity index (χ3v) is 3.22. The van der Waals surface area contributed by atoms with Crippen molar-refractivity contribution in [1.82, 2.24) is 0 Å². The van der Waals surface area contributed by atoms with E-state index in [1.54, 1.807) is 13.8 Å². The predicted octanol–water partition coefficient (Wildman–Crippen LogP) is 3.85. The summed E-state index contributed by atoms with van der Waals surface area (Å²) in [6.07, 6.45) is 0.887. The topological polar surface area (TPSA) is 47.6 Å². The molecule has 0 unspecified atom stereocenters. The Bertz CT molecular complexity index is 472. The standard InChI is InChI=1S/C17H27NO3/c1-7-9-21-17(5,6)16(19)18-14-10-12(3)15(20-8-2)13(4)11-14/h10-11H,7-9H2,1-6H3,(H,18,19). The summed E-state index contributed by atoms with van der Waals surface area (Å²) >= 11 is 0. The number of aryl methyl sites for hydroxylation is 2. The van der Waals surface area contributed by atoms with Crippen LogP contribution < -0.4 is 10.1 Å². The van der Waals surface area contributed by atoms with Crippen LogP contribution in [0.4, 0.5) is 5.69 Å². The van der Waals surface area contributed by atoms with Gasteiger partial charge >= 0.3 is 0 Å². The van der Waals surface area contributed by atoms with Gasteiger partial charge in [-0.2, -0.15) is 0 Å². The van der Waals surface area contributed by atoms with Crippen LogP contribution >= 0.6 is 0 Å². The Morgan fingerprint density at radius 3 is 2.24 bits per heavy atom. The van der Waals surface area contributed by atoms with E-state index >= 15 is 0 Å². The number of hydrogen-bond acceptors (Lipinski definition) is 3. The molecule has 1 amide bonds. The average molecular weight is 293 g/mol. The molecule has 0 fully saturated rings. The largest absolute Gasteiger partial charge is 0.493 e. The molecular weight excluding hydrogens is 266 g/mol. The fourth-order valence-corrected chi connectivity index (χ4v) is 2.10. The van der Waals surface area contributed by atoms with Crippen molar-refractivity contribution in [2.45, 2.75) is 53.6 Å². The molecule has 0 spiro atoms. The molecule has 4 heteroatoms. The highest BCUT2D eigenvalue weighted by Gasteiger charge is 2.28. The lowest BCUT2D eigenvalue weighted by molar-refractivity contribution is -0.137. The van der Waals surface area contributed by atoms with Crippen LogP contribution in [0, 0.1) is 13.8 Å². The molecule has 0 aliphatic heterocycles. The van der Waals surface area contributed by atoms with Crippen molar-refractivity contribution in [2.75, 3.05) is 18.5 Å². The lowest BCUT2D eigenvalue weighted by Crippen LogP contribution is -2.40. The SMILES string of the molecule is CCCOC(C)(C)C(=O)Nc1cc(C)c(OCC)c(C)c1. The van der Waals surface area contributed by atoms with Gasteiger partial charge in [0.25, 0.3) is 5.91 Å². The summed E-state index contributed by atoms with van der Waals surface area (Å²) in [7, 11) is 0. The minimum Gasteiger partial charge on any atom is -0.493 e. The van der Waals surface area contributed by atoms with E-state index in [4.69, 9.17) is 9.47 Å². The number of ether oxygens (including phenoxy) is 2. The van der Waals surface area contributed by atoms with E-state index in [1.165, 1.54) is 0 Å². The zero-order chi connectivity index (χ0) is 16.0. The van der Waals surface area contributed by atoms with Crippen LogP contribution in [0.5, 0.6) is 5.75 Å². The van der Waals surface area contributed by atoms with Crippen molar-refractivity contribution in [2.24, 2.45) is 0 Å². The average Bonchev–Trinajstić information content (AvgIpc) is 2.40. The molecule has 0 saturated heterocycles. The first-order chi connectivity index (χ1) is 9.81. The molecule has 0 radical (unpaired) electrons. The monoisotopic (exact) mass is 293 g/mol. The molecule has 1 N–H and O–H groups in total. The first-order valence-electron chi connectivity index (χ1n) is 7.51. The summed E-state index contributed by atoms with van der Waals surface area (Å²) in [4.78, 5) is 12.3. The van der Waals surface area contributed by atoms with Gasteiger partial charge in [0.15, 0.2) is 0 Å². The number of anilines is 1. The summed E-state index contributed by atoms with van der Waals surface area (Å²) in [5, 5.41) is 2.92. The predicted molar refractivity (Wildman–Crippen MR) is 86.0 cm³/mol. The van der Waals surface area contributed by atoms with E-state index in [9.17, 15) is 4.79 Å². The summed E-state index contributed by atoms with van der Waals surface area (Å²) in [5.41, 5.74) is 1.96. The molecule has 1 rings (SSSR count). The van der Waals surface area contributed by atoms with Crippen LogP contribution in [-0.4, -0.2) is 24.7 Å². The number of nitrogens with one attached hydrogen (secondary N) is 1. The van der Waals surface area contributed by atoms with Crippen LogP contribution in [-0.2, 0) is 9.53 Å². The molecule has 0 saturated carbocycles. The Labute approximate surface area is 127 Å². The highest BCUT2D eigenvalue weighted by Crippen LogP contribution is 2.27. The van der Waals surface area contributed by atoms with Crippen molar-refractivity contribution >= 4 is 11.6 Å². The quantitative estimate of drug-likeness (QED) is 0.830. The third-order valence-electron chi connectivity index (χ3n) is 3.22. The van der Waals surface area contributed by atoms with Crippen LogP contribution in [0.1, 0.15) is 45.2 Å². The van der Waals surface area contributed by atoms with E-state index in [2.05, 4.69) is 5.32 Å². The van der Waals surface area contributed by atoms with Gasteiger partial charge in [0.1, 0.15) is 11.4 Å². The maximum atomic E-state index is 12.3. The zero-order valence-electron chi connectivity index (χ0n) is 14.0. The molecule has 0 aromatic heterocycles. The van der Waals surface area contributed by atoms with Gasteiger partial charge in [-0.25, -0.2) is 0 Å². The Morgan fingerprint density at radius 1 is 1.19 bits per heavy atom. The molecule has 0 heterocycles. The zero-order valence-corrected chi connectivity index (χ0v) is 14.0. The Kier molecular flexibility index (Phi) is 6.21.